The predicted molar refractivity (Wildman–Crippen MR) is 182 cm³/mol. The molecule has 48 heavy (non-hydrogen) atoms. The summed E-state index contributed by atoms with van der Waals surface area (Å²) in [5, 5.41) is 11.3. The van der Waals surface area contributed by atoms with Gasteiger partial charge >= 0.3 is 11.7 Å². The van der Waals surface area contributed by atoms with Gasteiger partial charge in [-0.25, -0.2) is 9.59 Å². The minimum absolute atomic E-state index is 0.0189. The predicted octanol–water partition coefficient (Wildman–Crippen LogP) is 1.51. The molecule has 0 spiro atoms. The Morgan fingerprint density at radius 2 is 1.56 bits per heavy atom. The molecule has 1 aromatic heterocycles. The van der Waals surface area contributed by atoms with Crippen molar-refractivity contribution in [2.75, 3.05) is 18.4 Å². The summed E-state index contributed by atoms with van der Waals surface area (Å²) < 4.78 is 10.5. The number of nitrogens with one attached hydrogen (secondary N) is 4. The molecule has 3 atom stereocenters. The number of hydrogen-bond acceptors (Lipinski definition) is 9. The fraction of sp³-hybridized carbons (Fsp3) is 0.394. The van der Waals surface area contributed by atoms with Crippen LogP contribution in [0.2, 0.25) is 0 Å². The maximum atomic E-state index is 13.6. The first-order chi connectivity index (χ1) is 23.0. The smallest absolute Gasteiger partial charge is 0.408 e. The molecule has 15 nitrogen and oxygen atoms in total. The summed E-state index contributed by atoms with van der Waals surface area (Å²) in [5.74, 6) is -1.89. The molecule has 0 aliphatic rings. The molecule has 0 aliphatic carbocycles. The van der Waals surface area contributed by atoms with E-state index in [1.54, 1.807) is 31.2 Å². The summed E-state index contributed by atoms with van der Waals surface area (Å²) in [6.45, 7) is 3.85. The quantitative estimate of drug-likeness (QED) is 0.0474. The maximum Gasteiger partial charge on any atom is 0.408 e. The number of carbonyl (C=O) groups is 4. The number of nitrogens with zero attached hydrogens (tertiary/aromatic N) is 1. The van der Waals surface area contributed by atoms with E-state index in [4.69, 9.17) is 26.4 Å². The Hall–Kier alpha value is -5.44. The zero-order valence-corrected chi connectivity index (χ0v) is 27.1. The van der Waals surface area contributed by atoms with Gasteiger partial charge in [-0.3, -0.25) is 19.4 Å². The molecule has 3 unspecified atom stereocenters. The van der Waals surface area contributed by atoms with E-state index in [1.807, 2.05) is 18.2 Å². The zero-order chi connectivity index (χ0) is 35.1. The standard InChI is InChI=1S/C33H44N8O7/c1-20-17-28(42)48-27-18-23(13-14-24(20)27)39-30(44)26(12-8-16-37-32(35)36)41-31(45)25(11-6-7-15-34)40-29(43)21(2)38-33(46)47-19-22-9-4-3-5-10-22/h3-5,9-10,13-14,17-18,21,25-26H,6-8,11-12,15-16,19,34H2,1-2H3,(H,38,46)(H,39,44)(H,40,43)(H,41,45)(H4,35,36,37). The Kier molecular flexibility index (Phi) is 14.4. The van der Waals surface area contributed by atoms with Crippen LogP contribution in [0, 0.1) is 6.92 Å². The van der Waals surface area contributed by atoms with Crippen LogP contribution in [0.3, 0.4) is 0 Å². The number of anilines is 1. The lowest BCUT2D eigenvalue weighted by atomic mass is 10.1. The van der Waals surface area contributed by atoms with E-state index in [-0.39, 0.29) is 32.0 Å². The number of hydrogen-bond donors (Lipinski definition) is 7. The molecule has 15 heteroatoms. The molecule has 0 radical (unpaired) electrons. The van der Waals surface area contributed by atoms with Crippen LogP contribution in [0.5, 0.6) is 0 Å². The molecule has 0 fully saturated rings. The van der Waals surface area contributed by atoms with Crippen LogP contribution < -0.4 is 44.1 Å². The number of aliphatic imine (C=N–C) groups is 1. The molecule has 1 heterocycles. The van der Waals surface area contributed by atoms with Crippen molar-refractivity contribution in [3.63, 3.8) is 0 Å². The first-order valence-corrected chi connectivity index (χ1v) is 15.7. The zero-order valence-electron chi connectivity index (χ0n) is 27.1. The van der Waals surface area contributed by atoms with E-state index in [2.05, 4.69) is 26.3 Å². The molecule has 0 aliphatic heterocycles. The van der Waals surface area contributed by atoms with Gasteiger partial charge in [0, 0.05) is 29.8 Å². The highest BCUT2D eigenvalue weighted by molar-refractivity contribution is 6.00. The third-order valence-electron chi connectivity index (χ3n) is 7.32. The molecule has 3 aromatic rings. The number of benzene rings is 2. The van der Waals surface area contributed by atoms with Gasteiger partial charge in [0.1, 0.15) is 30.3 Å². The van der Waals surface area contributed by atoms with Crippen LogP contribution in [0.25, 0.3) is 11.0 Å². The van der Waals surface area contributed by atoms with E-state index in [9.17, 15) is 24.0 Å². The minimum Gasteiger partial charge on any atom is -0.445 e. The van der Waals surface area contributed by atoms with Crippen molar-refractivity contribution in [2.45, 2.75) is 70.7 Å². The number of guanidine groups is 1. The number of unbranched alkanes of at least 4 members (excludes halogenated alkanes) is 1. The van der Waals surface area contributed by atoms with Crippen LogP contribution in [0.15, 0.2) is 68.8 Å². The highest BCUT2D eigenvalue weighted by atomic mass is 16.5. The molecule has 0 bridgehead atoms. The van der Waals surface area contributed by atoms with Gasteiger partial charge in [-0.1, -0.05) is 30.3 Å². The molecule has 10 N–H and O–H groups in total. The van der Waals surface area contributed by atoms with Crippen molar-refractivity contribution < 1.29 is 28.3 Å². The largest absolute Gasteiger partial charge is 0.445 e. The second kappa shape index (κ2) is 18.6. The average molecular weight is 665 g/mol. The number of rotatable bonds is 17. The van der Waals surface area contributed by atoms with Crippen LogP contribution in [-0.4, -0.2) is 61.0 Å². The normalized spacial score (nSPS) is 12.6. The molecule has 258 valence electrons. The van der Waals surface area contributed by atoms with Gasteiger partial charge in [0.05, 0.1) is 0 Å². The van der Waals surface area contributed by atoms with Gasteiger partial charge in [0.2, 0.25) is 17.7 Å². The SMILES string of the molecule is Cc1cc(=O)oc2cc(NC(=O)C(CCCN=C(N)N)NC(=O)C(CCCCN)NC(=O)C(C)NC(=O)OCc3ccccc3)ccc12. The van der Waals surface area contributed by atoms with Gasteiger partial charge < -0.3 is 47.6 Å². The Bertz CT molecular complexity index is 1640. The lowest BCUT2D eigenvalue weighted by molar-refractivity contribution is -0.131. The van der Waals surface area contributed by atoms with Crippen molar-refractivity contribution in [3.05, 3.63) is 76.1 Å². The van der Waals surface area contributed by atoms with Gasteiger partial charge in [-0.2, -0.15) is 0 Å². The molecular formula is C33H44N8O7. The molecule has 4 amide bonds. The summed E-state index contributed by atoms with van der Waals surface area (Å²) >= 11 is 0. The number of carbonyl (C=O) groups excluding carboxylic acids is 4. The van der Waals surface area contributed by atoms with Crippen molar-refractivity contribution in [1.82, 2.24) is 16.0 Å². The Morgan fingerprint density at radius 1 is 0.875 bits per heavy atom. The number of aryl methyl sites for hydroxylation is 1. The fourth-order valence-electron chi connectivity index (χ4n) is 4.74. The minimum atomic E-state index is -1.05. The van der Waals surface area contributed by atoms with Crippen LogP contribution >= 0.6 is 0 Å². The summed E-state index contributed by atoms with van der Waals surface area (Å²) in [4.78, 5) is 68.2. The van der Waals surface area contributed by atoms with E-state index < -0.39 is 47.6 Å². The Labute approximate surface area is 278 Å². The fourth-order valence-corrected chi connectivity index (χ4v) is 4.74. The third-order valence-corrected chi connectivity index (χ3v) is 7.32. The Balaban J connectivity index is 1.70. The van der Waals surface area contributed by atoms with Crippen molar-refractivity contribution in [2.24, 2.45) is 22.2 Å². The molecule has 0 saturated heterocycles. The molecule has 3 rings (SSSR count). The van der Waals surface area contributed by atoms with Crippen LogP contribution in [0.1, 0.15) is 50.2 Å². The van der Waals surface area contributed by atoms with Gasteiger partial charge in [0.15, 0.2) is 5.96 Å². The van der Waals surface area contributed by atoms with Crippen molar-refractivity contribution >= 4 is 46.4 Å². The monoisotopic (exact) mass is 664 g/mol. The summed E-state index contributed by atoms with van der Waals surface area (Å²) in [5.41, 5.74) is 18.1. The summed E-state index contributed by atoms with van der Waals surface area (Å²) in [6.07, 6.45) is 1.04. The molecular weight excluding hydrogens is 620 g/mol. The van der Waals surface area contributed by atoms with Crippen LogP contribution in [-0.2, 0) is 25.7 Å². The van der Waals surface area contributed by atoms with Gasteiger partial charge in [0.25, 0.3) is 0 Å². The first-order valence-electron chi connectivity index (χ1n) is 15.7. The topological polar surface area (TPSA) is 246 Å². The van der Waals surface area contributed by atoms with Crippen molar-refractivity contribution in [1.29, 1.82) is 0 Å². The summed E-state index contributed by atoms with van der Waals surface area (Å²) in [7, 11) is 0. The number of nitrogens with two attached hydrogens (primary N) is 3. The number of alkyl carbamates (subject to hydrolysis) is 1. The van der Waals surface area contributed by atoms with E-state index in [1.165, 1.54) is 19.1 Å². The highest BCUT2D eigenvalue weighted by Gasteiger charge is 2.28. The third kappa shape index (κ3) is 12.1. The lowest BCUT2D eigenvalue weighted by Gasteiger charge is -2.24. The molecule has 2 aromatic carbocycles. The highest BCUT2D eigenvalue weighted by Crippen LogP contribution is 2.21. The van der Waals surface area contributed by atoms with Crippen molar-refractivity contribution in [3.8, 4) is 0 Å². The second-order valence-electron chi connectivity index (χ2n) is 11.2. The van der Waals surface area contributed by atoms with E-state index >= 15 is 0 Å². The number of amides is 4. The number of fused-ring (bicyclic) bond motifs is 1. The number of ether oxygens (including phenoxy) is 1. The maximum absolute atomic E-state index is 13.6. The van der Waals surface area contributed by atoms with E-state index in [0.29, 0.717) is 42.5 Å². The molecule has 0 saturated carbocycles. The summed E-state index contributed by atoms with van der Waals surface area (Å²) in [6, 6.07) is 12.2. The average Bonchev–Trinajstić information content (AvgIpc) is 3.04. The first kappa shape index (κ1) is 37.0. The van der Waals surface area contributed by atoms with Gasteiger partial charge in [-0.15, -0.1) is 0 Å². The van der Waals surface area contributed by atoms with Crippen LogP contribution in [0.4, 0.5) is 10.5 Å². The van der Waals surface area contributed by atoms with E-state index in [0.717, 1.165) is 11.1 Å². The Morgan fingerprint density at radius 3 is 2.27 bits per heavy atom. The van der Waals surface area contributed by atoms with Gasteiger partial charge in [-0.05, 0) is 75.8 Å². The second-order valence-corrected chi connectivity index (χ2v) is 11.2. The lowest BCUT2D eigenvalue weighted by Crippen LogP contribution is -2.55.